The molecular weight excluding hydrogens is 1640 g/mol. The predicted molar refractivity (Wildman–Crippen MR) is 443 cm³/mol. The van der Waals surface area contributed by atoms with Gasteiger partial charge in [0.2, 0.25) is 11.1 Å². The van der Waals surface area contributed by atoms with Gasteiger partial charge in [-0.05, 0) is 197 Å². The number of carbonyl (C=O) groups is 3. The standard InChI is InChI=1S/C15H11Cl2NOS.C14H9Cl2NS2.C13H11Cl2NO.C13H9Cl2NO.C13H11Cl2NS.C2H2Cl2O.CS2.B.Na.H/c16-9-5-6-13-11(7-9)15(20-8-14(19)18-13)10-3-1-2-4-12(10)17;15-8-5-6-12-10(7-8)13(19-14(18)17-12)9-3-1-2-4-11(9)16;3*14-8-5-6-12(16)10(7-8)13(17)9-3-1-2-4-11(9)15;3-1-2(4)5;2-1-3;;;/h1-7,15H,8H2,(H,18,19);1-7,13H,(H,17,18);1-7,13,17H,16H2;1-7H,16H2;1-7,13,17H,16H2;1H2;;;;/q;;;;;;;;+1;-1. The molecule has 0 saturated heterocycles. The Morgan fingerprint density at radius 2 is 0.910 bits per heavy atom. The first-order valence-electron chi connectivity index (χ1n) is 28.3. The summed E-state index contributed by atoms with van der Waals surface area (Å²) in [6, 6.07) is 63.4. The number of aliphatic hydroxyl groups is 1. The third kappa shape index (κ3) is 26.6. The van der Waals surface area contributed by atoms with E-state index in [9.17, 15) is 19.5 Å². The number of amides is 1. The minimum atomic E-state index is -0.873. The fourth-order valence-corrected chi connectivity index (χ4v) is 14.5. The first-order chi connectivity index (χ1) is 46.8. The molecule has 29 heteroatoms. The Bertz CT molecular complexity index is 4420. The Hall–Kier alpha value is -3.93. The average Bonchev–Trinajstić information content (AvgIpc) is 1.14. The number of nitrogens with one attached hydrogen (secondary N) is 2. The Labute approximate surface area is 696 Å². The van der Waals surface area contributed by atoms with Crippen LogP contribution in [0.1, 0.15) is 83.7 Å². The zero-order chi connectivity index (χ0) is 71.8. The molecule has 0 aliphatic carbocycles. The minimum absolute atomic E-state index is 0. The van der Waals surface area contributed by atoms with Gasteiger partial charge in [0.25, 0.3) is 0 Å². The molecule has 4 unspecified atom stereocenters. The monoisotopic (exact) mass is 1690 g/mol. The van der Waals surface area contributed by atoms with Gasteiger partial charge in [0, 0.05) is 109 Å². The van der Waals surface area contributed by atoms with Crippen molar-refractivity contribution in [1.82, 2.24) is 0 Å². The van der Waals surface area contributed by atoms with Crippen LogP contribution in [-0.2, 0) is 9.59 Å². The van der Waals surface area contributed by atoms with E-state index in [4.69, 9.17) is 169 Å². The van der Waals surface area contributed by atoms with E-state index in [2.05, 4.69) is 47.7 Å². The van der Waals surface area contributed by atoms with Crippen LogP contribution in [0, 0.1) is 0 Å². The molecule has 2 aliphatic rings. The largest absolute Gasteiger partial charge is 1.00 e. The summed E-state index contributed by atoms with van der Waals surface area (Å²) in [4.78, 5) is 33.5. The third-order valence-corrected chi connectivity index (χ3v) is 20.3. The number of anilines is 5. The van der Waals surface area contributed by atoms with Crippen LogP contribution in [0.3, 0.4) is 0 Å². The Morgan fingerprint density at radius 3 is 1.41 bits per heavy atom. The number of thioether (sulfide) groups is 2. The van der Waals surface area contributed by atoms with E-state index in [0.29, 0.717) is 90.3 Å². The van der Waals surface area contributed by atoms with Gasteiger partial charge >= 0.3 is 29.6 Å². The van der Waals surface area contributed by atoms with Crippen LogP contribution >= 0.6 is 212 Å². The van der Waals surface area contributed by atoms with E-state index >= 15 is 0 Å². The second-order valence-electron chi connectivity index (χ2n) is 20.2. The van der Waals surface area contributed by atoms with Gasteiger partial charge in [-0.15, -0.1) is 23.4 Å². The van der Waals surface area contributed by atoms with E-state index in [1.807, 2.05) is 120 Å². The summed E-state index contributed by atoms with van der Waals surface area (Å²) >= 11 is 91.1. The van der Waals surface area contributed by atoms with Gasteiger partial charge in [-0.1, -0.05) is 225 Å². The van der Waals surface area contributed by atoms with Crippen molar-refractivity contribution in [3.63, 3.8) is 0 Å². The van der Waals surface area contributed by atoms with Gasteiger partial charge < -0.3 is 34.4 Å². The number of nitrogens with two attached hydrogens (primary N) is 3. The molecule has 511 valence electrons. The van der Waals surface area contributed by atoms with Crippen LogP contribution in [-0.4, -0.2) is 50.7 Å². The first-order valence-corrected chi connectivity index (χ1v) is 36.6. The number of fused-ring (bicyclic) bond motifs is 2. The van der Waals surface area contributed by atoms with Crippen molar-refractivity contribution >= 4 is 274 Å². The van der Waals surface area contributed by atoms with Crippen molar-refractivity contribution in [2.45, 2.75) is 21.9 Å². The molecule has 100 heavy (non-hydrogen) atoms. The number of thiol groups is 1. The van der Waals surface area contributed by atoms with E-state index in [-0.39, 0.29) is 72.7 Å². The number of thiocarbonyl (C=S) groups is 3. The van der Waals surface area contributed by atoms with E-state index < -0.39 is 11.3 Å². The number of rotatable bonds is 9. The molecule has 1 amide bonds. The fraction of sp³-hybridized carbons (Fsp3) is 0.0845. The molecule has 0 bridgehead atoms. The van der Waals surface area contributed by atoms with Gasteiger partial charge in [-0.2, -0.15) is 12.6 Å². The van der Waals surface area contributed by atoms with E-state index in [0.717, 1.165) is 54.1 Å². The number of hydrogen-bond donors (Lipinski definition) is 7. The number of alkyl halides is 1. The molecule has 10 aromatic carbocycles. The number of hydrogen-bond acceptors (Lipinski definition) is 13. The van der Waals surface area contributed by atoms with Crippen molar-refractivity contribution in [3.8, 4) is 0 Å². The van der Waals surface area contributed by atoms with Gasteiger partial charge in [-0.3, -0.25) is 14.4 Å². The topological polar surface area (TPSA) is 174 Å². The summed E-state index contributed by atoms with van der Waals surface area (Å²) in [7, 11) is 0. The molecule has 0 aromatic heterocycles. The number of aliphatic hydroxyl groups excluding tert-OH is 1. The Balaban J connectivity index is 0.000000317. The molecule has 10 aromatic rings. The van der Waals surface area contributed by atoms with Crippen molar-refractivity contribution in [3.05, 3.63) is 318 Å². The molecule has 0 fully saturated rings. The second kappa shape index (κ2) is 44.8. The summed E-state index contributed by atoms with van der Waals surface area (Å²) in [5.41, 5.74) is 28.7. The maximum atomic E-state index is 12.2. The van der Waals surface area contributed by atoms with Crippen molar-refractivity contribution in [2.24, 2.45) is 0 Å². The second-order valence-corrected chi connectivity index (χ2v) is 29.1. The molecule has 0 spiro atoms. The fourth-order valence-electron chi connectivity index (χ4n) is 9.15. The van der Waals surface area contributed by atoms with Gasteiger partial charge in [0.1, 0.15) is 10.4 Å². The van der Waals surface area contributed by atoms with Crippen LogP contribution in [0.15, 0.2) is 212 Å². The van der Waals surface area contributed by atoms with Crippen LogP contribution < -0.4 is 57.4 Å². The Kier molecular flexibility index (Phi) is 39.6. The molecule has 2 heterocycles. The Morgan fingerprint density at radius 1 is 0.520 bits per heavy atom. The summed E-state index contributed by atoms with van der Waals surface area (Å²) in [5, 5.41) is 21.8. The number of halogens is 12. The van der Waals surface area contributed by atoms with Crippen LogP contribution in [0.5, 0.6) is 0 Å². The molecule has 4 atom stereocenters. The molecular formula is C71H54BCl12N5NaO4S6. The molecule has 9 nitrogen and oxygen atoms in total. The number of carbonyl (C=O) groups excluding carboxylic acids is 3. The number of ketones is 1. The maximum absolute atomic E-state index is 12.2. The van der Waals surface area contributed by atoms with Crippen molar-refractivity contribution in [1.29, 1.82) is 0 Å². The summed E-state index contributed by atoms with van der Waals surface area (Å²) in [5.74, 6) is 0.0627. The summed E-state index contributed by atoms with van der Waals surface area (Å²) in [6.07, 6.45) is -0.873. The van der Waals surface area contributed by atoms with Crippen LogP contribution in [0.2, 0.25) is 50.2 Å². The SMILES string of the molecule is Nc1ccc(Cl)cc1C(=O)c1ccccc1Cl.Nc1ccc(Cl)cc1C(O)c1ccccc1Cl.Nc1ccc(Cl)cc1C(S)c1ccccc1Cl.O=C(Cl)CCl.O=C1CSC(c2ccccc2Cl)c2cc(Cl)ccc2N1.S=C1Nc2ccc(Cl)cc2C(c2ccccc2Cl)S1.S=C=S.[B].[H-].[Na+]. The zero-order valence-corrected chi connectivity index (χ0v) is 68.0. The number of benzene rings is 10. The average molecular weight is 1690 g/mol. The normalized spacial score (nSPS) is 13.4. The summed E-state index contributed by atoms with van der Waals surface area (Å²) in [6.45, 7) is 0. The zero-order valence-electron chi connectivity index (χ0n) is 52.9. The quantitative estimate of drug-likeness (QED) is 0.0139. The minimum Gasteiger partial charge on any atom is -1.00 e. The molecule has 9 N–H and O–H groups in total. The van der Waals surface area contributed by atoms with Crippen molar-refractivity contribution in [2.75, 3.05) is 39.5 Å². The van der Waals surface area contributed by atoms with Crippen molar-refractivity contribution < 1.29 is 50.5 Å². The number of nitrogen functional groups attached to an aromatic ring is 3. The van der Waals surface area contributed by atoms with Gasteiger partial charge in [0.05, 0.1) is 32.4 Å². The predicted octanol–water partition coefficient (Wildman–Crippen LogP) is 21.1. The first kappa shape index (κ1) is 88.5. The van der Waals surface area contributed by atoms with Crippen LogP contribution in [0.4, 0.5) is 28.4 Å². The van der Waals surface area contributed by atoms with Crippen LogP contribution in [0.25, 0.3) is 0 Å². The summed E-state index contributed by atoms with van der Waals surface area (Å²) < 4.78 is 2.67. The van der Waals surface area contributed by atoms with E-state index in [1.54, 1.807) is 121 Å². The molecule has 3 radical (unpaired) electrons. The molecule has 2 aliphatic heterocycles. The maximum Gasteiger partial charge on any atom is 1.00 e. The van der Waals surface area contributed by atoms with E-state index in [1.165, 1.54) is 0 Å². The van der Waals surface area contributed by atoms with Gasteiger partial charge in [-0.25, -0.2) is 0 Å². The molecule has 0 saturated carbocycles. The third-order valence-electron chi connectivity index (χ3n) is 13.7. The molecule has 12 rings (SSSR count). The smallest absolute Gasteiger partial charge is 1.00 e. The van der Waals surface area contributed by atoms with Gasteiger partial charge in [0.15, 0.2) is 5.78 Å².